The van der Waals surface area contributed by atoms with Gasteiger partial charge in [0.2, 0.25) is 0 Å². The average Bonchev–Trinajstić information content (AvgIpc) is 1.03. The fourth-order valence-electron chi connectivity index (χ4n) is 12.5. The first-order chi connectivity index (χ1) is 48.2. The van der Waals surface area contributed by atoms with Gasteiger partial charge in [0.05, 0.1) is 26.4 Å². The minimum atomic E-state index is -4.96. The Morgan fingerprint density at radius 2 is 0.460 bits per heavy atom. The Kier molecular flexibility index (Phi) is 69.9. The van der Waals surface area contributed by atoms with Gasteiger partial charge in [-0.05, 0) is 43.4 Å². The van der Waals surface area contributed by atoms with Crippen LogP contribution in [-0.4, -0.2) is 96.7 Å². The van der Waals surface area contributed by atoms with Crippen molar-refractivity contribution in [3.05, 3.63) is 0 Å². The molecule has 0 heterocycles. The van der Waals surface area contributed by atoms with Gasteiger partial charge in [0.25, 0.3) is 0 Å². The molecule has 0 fully saturated rings. The predicted octanol–water partition coefficient (Wildman–Crippen LogP) is 24.1. The molecule has 0 amide bonds. The molecular formula is C81H158O17P2. The van der Waals surface area contributed by atoms with Gasteiger partial charge < -0.3 is 33.8 Å². The zero-order valence-corrected chi connectivity index (χ0v) is 67.5. The third-order valence-corrected chi connectivity index (χ3v) is 20.8. The zero-order chi connectivity index (χ0) is 73.7. The predicted molar refractivity (Wildman–Crippen MR) is 409 cm³/mol. The molecule has 0 aliphatic carbocycles. The number of rotatable bonds is 79. The maximum absolute atomic E-state index is 13.1. The SMILES string of the molecule is CCCCCCCCCCCCCCCCC(=O)O[C@H](COC(=O)CCCCCCCCCCC(C)C)COP(=O)(O)OC[C@H](O)COP(=O)(O)OC[C@@H](COC(=O)CCCCCCCCCCCCCCCC(C)C)OC(=O)CCCCCCCCCCCCCCCCCCC(C)C. The quantitative estimate of drug-likeness (QED) is 0.0222. The van der Waals surface area contributed by atoms with Crippen LogP contribution in [0.1, 0.15) is 421 Å². The summed E-state index contributed by atoms with van der Waals surface area (Å²) in [6.45, 7) is 12.0. The van der Waals surface area contributed by atoms with Gasteiger partial charge in [-0.2, -0.15) is 0 Å². The van der Waals surface area contributed by atoms with E-state index in [1.165, 1.54) is 231 Å². The summed E-state index contributed by atoms with van der Waals surface area (Å²) in [5, 5.41) is 10.6. The molecule has 0 aromatic carbocycles. The summed E-state index contributed by atoms with van der Waals surface area (Å²) in [5.74, 6) is 0.217. The van der Waals surface area contributed by atoms with Crippen molar-refractivity contribution in [2.45, 2.75) is 439 Å². The molecule has 594 valence electrons. The molecule has 0 rings (SSSR count). The van der Waals surface area contributed by atoms with Gasteiger partial charge in [-0.25, -0.2) is 9.13 Å². The van der Waals surface area contributed by atoms with Crippen LogP contribution in [0.4, 0.5) is 0 Å². The molecule has 0 aliphatic rings. The van der Waals surface area contributed by atoms with Crippen LogP contribution in [0.15, 0.2) is 0 Å². The molecule has 0 radical (unpaired) electrons. The Morgan fingerprint density at radius 3 is 0.680 bits per heavy atom. The summed E-state index contributed by atoms with van der Waals surface area (Å²) in [6, 6.07) is 0. The summed E-state index contributed by atoms with van der Waals surface area (Å²) in [4.78, 5) is 73.0. The van der Waals surface area contributed by atoms with Crippen LogP contribution in [-0.2, 0) is 65.4 Å². The van der Waals surface area contributed by atoms with Crippen LogP contribution in [0.25, 0.3) is 0 Å². The highest BCUT2D eigenvalue weighted by Crippen LogP contribution is 2.45. The van der Waals surface area contributed by atoms with E-state index in [-0.39, 0.29) is 25.7 Å². The lowest BCUT2D eigenvalue weighted by Crippen LogP contribution is -2.30. The fourth-order valence-corrected chi connectivity index (χ4v) is 14.1. The molecule has 3 N–H and O–H groups in total. The zero-order valence-electron chi connectivity index (χ0n) is 65.7. The van der Waals surface area contributed by atoms with Crippen molar-refractivity contribution >= 4 is 39.5 Å². The van der Waals surface area contributed by atoms with Gasteiger partial charge in [0, 0.05) is 25.7 Å². The Balaban J connectivity index is 5.25. The van der Waals surface area contributed by atoms with Crippen LogP contribution in [0, 0.1) is 17.8 Å². The van der Waals surface area contributed by atoms with Crippen molar-refractivity contribution in [3.8, 4) is 0 Å². The largest absolute Gasteiger partial charge is 0.472 e. The Morgan fingerprint density at radius 1 is 0.270 bits per heavy atom. The highest BCUT2D eigenvalue weighted by atomic mass is 31.2. The van der Waals surface area contributed by atoms with Crippen molar-refractivity contribution in [2.24, 2.45) is 17.8 Å². The van der Waals surface area contributed by atoms with Crippen molar-refractivity contribution in [3.63, 3.8) is 0 Å². The van der Waals surface area contributed by atoms with E-state index in [1.54, 1.807) is 0 Å². The number of hydrogen-bond donors (Lipinski definition) is 3. The minimum absolute atomic E-state index is 0.107. The third-order valence-electron chi connectivity index (χ3n) is 18.9. The van der Waals surface area contributed by atoms with E-state index in [0.29, 0.717) is 25.7 Å². The summed E-state index contributed by atoms with van der Waals surface area (Å²) in [6.07, 6.45) is 59.6. The smallest absolute Gasteiger partial charge is 0.462 e. The highest BCUT2D eigenvalue weighted by Gasteiger charge is 2.30. The first kappa shape index (κ1) is 98.1. The lowest BCUT2D eigenvalue weighted by atomic mass is 10.0. The molecule has 0 saturated carbocycles. The molecule has 0 spiro atoms. The molecule has 0 bridgehead atoms. The lowest BCUT2D eigenvalue weighted by Gasteiger charge is -2.21. The number of hydrogen-bond acceptors (Lipinski definition) is 15. The van der Waals surface area contributed by atoms with Gasteiger partial charge >= 0.3 is 39.5 Å². The summed E-state index contributed by atoms with van der Waals surface area (Å²) in [5.41, 5.74) is 0. The second-order valence-corrected chi connectivity index (χ2v) is 33.5. The average molecular weight is 1470 g/mol. The van der Waals surface area contributed by atoms with E-state index in [9.17, 15) is 43.2 Å². The molecule has 100 heavy (non-hydrogen) atoms. The number of phosphoric acid groups is 2. The third kappa shape index (κ3) is 74.3. The van der Waals surface area contributed by atoms with Gasteiger partial charge in [-0.15, -0.1) is 0 Å². The van der Waals surface area contributed by atoms with Gasteiger partial charge in [-0.1, -0.05) is 370 Å². The fraction of sp³-hybridized carbons (Fsp3) is 0.951. The molecule has 0 aromatic rings. The van der Waals surface area contributed by atoms with Gasteiger partial charge in [0.1, 0.15) is 19.3 Å². The summed E-state index contributed by atoms with van der Waals surface area (Å²) < 4.78 is 68.7. The van der Waals surface area contributed by atoms with E-state index in [2.05, 4.69) is 48.5 Å². The minimum Gasteiger partial charge on any atom is -0.462 e. The number of aliphatic hydroxyl groups is 1. The number of carbonyl (C=O) groups excluding carboxylic acids is 4. The van der Waals surface area contributed by atoms with E-state index < -0.39 is 97.5 Å². The maximum Gasteiger partial charge on any atom is 0.472 e. The van der Waals surface area contributed by atoms with Crippen molar-refractivity contribution in [1.29, 1.82) is 0 Å². The Labute approximate surface area is 613 Å². The van der Waals surface area contributed by atoms with Crippen molar-refractivity contribution in [1.82, 2.24) is 0 Å². The van der Waals surface area contributed by atoms with Crippen LogP contribution in [0.5, 0.6) is 0 Å². The molecule has 0 saturated heterocycles. The highest BCUT2D eigenvalue weighted by molar-refractivity contribution is 7.47. The van der Waals surface area contributed by atoms with Crippen molar-refractivity contribution in [2.75, 3.05) is 39.6 Å². The number of unbranched alkanes of at least 4 members (excludes halogenated alkanes) is 47. The lowest BCUT2D eigenvalue weighted by molar-refractivity contribution is -0.161. The van der Waals surface area contributed by atoms with E-state index in [0.717, 1.165) is 108 Å². The first-order valence-corrected chi connectivity index (χ1v) is 44.8. The first-order valence-electron chi connectivity index (χ1n) is 41.8. The van der Waals surface area contributed by atoms with Crippen LogP contribution in [0.3, 0.4) is 0 Å². The second-order valence-electron chi connectivity index (χ2n) is 30.6. The molecule has 0 aliphatic heterocycles. The maximum atomic E-state index is 13.1. The van der Waals surface area contributed by atoms with Crippen LogP contribution in [0.2, 0.25) is 0 Å². The van der Waals surface area contributed by atoms with Crippen LogP contribution >= 0.6 is 15.6 Å². The number of phosphoric ester groups is 2. The van der Waals surface area contributed by atoms with Crippen molar-refractivity contribution < 1.29 is 80.2 Å². The molecule has 0 aromatic heterocycles. The summed E-state index contributed by atoms with van der Waals surface area (Å²) >= 11 is 0. The monoisotopic (exact) mass is 1470 g/mol. The van der Waals surface area contributed by atoms with E-state index in [4.69, 9.17) is 37.0 Å². The number of carbonyl (C=O) groups is 4. The molecular weight excluding hydrogens is 1310 g/mol. The van der Waals surface area contributed by atoms with Crippen LogP contribution < -0.4 is 0 Å². The standard InChI is InChI=1S/C81H158O17P2/c1-8-9-10-11-12-13-14-15-23-29-34-43-50-57-64-80(85)98-77(69-92-79(84)63-56-49-42-37-36-40-47-54-61-74(6)7)71-96-100(89,90)94-67-75(82)66-93-99(87,88)95-70-76(68-91-78(83)62-55-48-41-33-28-25-20-22-27-32-39-46-53-60-73(4)5)97-81(86)65-58-51-44-35-30-24-19-17-16-18-21-26-31-38-45-52-59-72(2)3/h72-77,82H,8-71H2,1-7H3,(H,87,88)(H,89,90)/t75-,76-,77-/m1/s1. The second kappa shape index (κ2) is 71.3. The van der Waals surface area contributed by atoms with E-state index in [1.807, 2.05) is 0 Å². The number of aliphatic hydroxyl groups excluding tert-OH is 1. The molecule has 5 atom stereocenters. The Bertz CT molecular complexity index is 1940. The Hall–Kier alpha value is -1.94. The van der Waals surface area contributed by atoms with Gasteiger partial charge in [0.15, 0.2) is 12.2 Å². The van der Waals surface area contributed by atoms with E-state index >= 15 is 0 Å². The molecule has 2 unspecified atom stereocenters. The molecule has 19 heteroatoms. The number of esters is 4. The summed E-state index contributed by atoms with van der Waals surface area (Å²) in [7, 11) is -9.92. The normalized spacial score (nSPS) is 14.0. The number of ether oxygens (including phenoxy) is 4. The van der Waals surface area contributed by atoms with Gasteiger partial charge in [-0.3, -0.25) is 37.3 Å². The molecule has 17 nitrogen and oxygen atoms in total. The topological polar surface area (TPSA) is 237 Å².